The van der Waals surface area contributed by atoms with Crippen LogP contribution in [0.1, 0.15) is 0 Å². The molecule has 5 nitrogen and oxygen atoms in total. The van der Waals surface area contributed by atoms with Gasteiger partial charge in [0, 0.05) is 39.4 Å². The molecule has 1 fully saturated rings. The minimum atomic E-state index is 0.733. The summed E-state index contributed by atoms with van der Waals surface area (Å²) < 4.78 is 5.33. The van der Waals surface area contributed by atoms with Crippen molar-refractivity contribution in [1.82, 2.24) is 9.88 Å². The second kappa shape index (κ2) is 5.84. The number of aromatic nitrogens is 1. The Hall–Kier alpha value is -1.33. The van der Waals surface area contributed by atoms with Crippen molar-refractivity contribution in [3.63, 3.8) is 0 Å². The van der Waals surface area contributed by atoms with Crippen molar-refractivity contribution in [3.8, 4) is 0 Å². The Labute approximate surface area is 102 Å². The Bertz CT molecular complexity index is 352. The molecule has 0 atom stereocenters. The van der Waals surface area contributed by atoms with Crippen molar-refractivity contribution in [1.29, 1.82) is 0 Å². The number of hydrogen-bond donors (Lipinski definition) is 1. The third kappa shape index (κ3) is 3.31. The standard InChI is InChI=1S/C12H20N4O/c1-15(12-2-3-14-10-11(12)13)4-5-16-6-8-17-9-7-16/h2-3,10H,4-9,13H2,1H3. The normalized spacial score (nSPS) is 17.0. The van der Waals surface area contributed by atoms with Crippen molar-refractivity contribution in [2.45, 2.75) is 0 Å². The van der Waals surface area contributed by atoms with Gasteiger partial charge in [-0.15, -0.1) is 0 Å². The summed E-state index contributed by atoms with van der Waals surface area (Å²) in [6, 6.07) is 1.95. The average Bonchev–Trinajstić information content (AvgIpc) is 2.38. The molecule has 1 aliphatic heterocycles. The number of nitrogens with two attached hydrogens (primary N) is 1. The van der Waals surface area contributed by atoms with E-state index in [1.165, 1.54) is 0 Å². The molecule has 94 valence electrons. The number of likely N-dealkylation sites (N-methyl/N-ethyl adjacent to an activating group) is 1. The van der Waals surface area contributed by atoms with Gasteiger partial charge in [0.25, 0.3) is 0 Å². The molecular formula is C12H20N4O. The van der Waals surface area contributed by atoms with Gasteiger partial charge >= 0.3 is 0 Å². The topological polar surface area (TPSA) is 54.6 Å². The van der Waals surface area contributed by atoms with Gasteiger partial charge in [-0.1, -0.05) is 0 Å². The zero-order valence-corrected chi connectivity index (χ0v) is 10.3. The fourth-order valence-corrected chi connectivity index (χ4v) is 1.98. The molecule has 0 unspecified atom stereocenters. The van der Waals surface area contributed by atoms with Crippen molar-refractivity contribution >= 4 is 11.4 Å². The summed E-state index contributed by atoms with van der Waals surface area (Å²) in [5.41, 5.74) is 7.68. The molecule has 1 aromatic heterocycles. The molecule has 2 N–H and O–H groups in total. The second-order valence-electron chi connectivity index (χ2n) is 4.31. The molecule has 5 heteroatoms. The van der Waals surface area contributed by atoms with Crippen molar-refractivity contribution in [2.24, 2.45) is 0 Å². The van der Waals surface area contributed by atoms with E-state index in [4.69, 9.17) is 10.5 Å². The van der Waals surface area contributed by atoms with Crippen LogP contribution in [-0.2, 0) is 4.74 Å². The largest absolute Gasteiger partial charge is 0.396 e. The first-order valence-electron chi connectivity index (χ1n) is 5.98. The van der Waals surface area contributed by atoms with Gasteiger partial charge in [0.05, 0.1) is 30.8 Å². The SMILES string of the molecule is CN(CCN1CCOCC1)c1ccncc1N. The second-order valence-corrected chi connectivity index (χ2v) is 4.31. The number of morpholine rings is 1. The number of nitrogens with zero attached hydrogens (tertiary/aromatic N) is 3. The molecule has 2 rings (SSSR count). The molecule has 0 radical (unpaired) electrons. The van der Waals surface area contributed by atoms with Crippen LogP contribution in [0.15, 0.2) is 18.5 Å². The van der Waals surface area contributed by atoms with Crippen LogP contribution in [0.2, 0.25) is 0 Å². The summed E-state index contributed by atoms with van der Waals surface area (Å²) >= 11 is 0. The predicted octanol–water partition coefficient (Wildman–Crippen LogP) is 0.432. The summed E-state index contributed by atoms with van der Waals surface area (Å²) in [6.45, 7) is 5.76. The number of anilines is 2. The first kappa shape index (κ1) is 12.1. The van der Waals surface area contributed by atoms with Gasteiger partial charge in [-0.2, -0.15) is 0 Å². The lowest BCUT2D eigenvalue weighted by Crippen LogP contribution is -2.40. The molecule has 0 saturated carbocycles. The molecule has 1 aliphatic rings. The van der Waals surface area contributed by atoms with Crippen LogP contribution in [0.5, 0.6) is 0 Å². The lowest BCUT2D eigenvalue weighted by atomic mass is 10.3. The van der Waals surface area contributed by atoms with E-state index in [1.54, 1.807) is 12.4 Å². The van der Waals surface area contributed by atoms with E-state index in [0.29, 0.717) is 0 Å². The van der Waals surface area contributed by atoms with Gasteiger partial charge < -0.3 is 15.4 Å². The Balaban J connectivity index is 1.84. The van der Waals surface area contributed by atoms with E-state index in [2.05, 4.69) is 21.8 Å². The Morgan fingerprint density at radius 2 is 2.24 bits per heavy atom. The van der Waals surface area contributed by atoms with Gasteiger partial charge in [0.1, 0.15) is 0 Å². The van der Waals surface area contributed by atoms with E-state index in [-0.39, 0.29) is 0 Å². The highest BCUT2D eigenvalue weighted by molar-refractivity contribution is 5.65. The first-order valence-corrected chi connectivity index (χ1v) is 5.98. The first-order chi connectivity index (χ1) is 8.27. The van der Waals surface area contributed by atoms with E-state index in [9.17, 15) is 0 Å². The third-order valence-electron chi connectivity index (χ3n) is 3.09. The molecule has 2 heterocycles. The minimum absolute atomic E-state index is 0.733. The minimum Gasteiger partial charge on any atom is -0.396 e. The number of nitrogen functional groups attached to an aromatic ring is 1. The quantitative estimate of drug-likeness (QED) is 0.821. The van der Waals surface area contributed by atoms with E-state index < -0.39 is 0 Å². The van der Waals surface area contributed by atoms with E-state index in [1.807, 2.05) is 6.07 Å². The van der Waals surface area contributed by atoms with E-state index in [0.717, 1.165) is 50.8 Å². The zero-order chi connectivity index (χ0) is 12.1. The highest BCUT2D eigenvalue weighted by Gasteiger charge is 2.11. The van der Waals surface area contributed by atoms with Gasteiger partial charge in [-0.05, 0) is 6.07 Å². The molecular weight excluding hydrogens is 216 g/mol. The van der Waals surface area contributed by atoms with Crippen LogP contribution >= 0.6 is 0 Å². The molecule has 0 aliphatic carbocycles. The lowest BCUT2D eigenvalue weighted by Gasteiger charge is -2.29. The van der Waals surface area contributed by atoms with E-state index >= 15 is 0 Å². The molecule has 17 heavy (non-hydrogen) atoms. The van der Waals surface area contributed by atoms with Gasteiger partial charge in [0.15, 0.2) is 0 Å². The summed E-state index contributed by atoms with van der Waals surface area (Å²) in [5, 5.41) is 0. The molecule has 0 aromatic carbocycles. The lowest BCUT2D eigenvalue weighted by molar-refractivity contribution is 0.0393. The fourth-order valence-electron chi connectivity index (χ4n) is 1.98. The maximum absolute atomic E-state index is 5.89. The third-order valence-corrected chi connectivity index (χ3v) is 3.09. The molecule has 0 bridgehead atoms. The summed E-state index contributed by atoms with van der Waals surface area (Å²) in [5.74, 6) is 0. The van der Waals surface area contributed by atoms with Crippen LogP contribution in [0.3, 0.4) is 0 Å². The van der Waals surface area contributed by atoms with Gasteiger partial charge in [0.2, 0.25) is 0 Å². The number of hydrogen-bond acceptors (Lipinski definition) is 5. The number of pyridine rings is 1. The highest BCUT2D eigenvalue weighted by Crippen LogP contribution is 2.19. The molecule has 0 amide bonds. The number of ether oxygens (including phenoxy) is 1. The average molecular weight is 236 g/mol. The number of rotatable bonds is 4. The maximum atomic E-state index is 5.89. The van der Waals surface area contributed by atoms with Gasteiger partial charge in [-0.3, -0.25) is 9.88 Å². The Morgan fingerprint density at radius 3 is 2.94 bits per heavy atom. The summed E-state index contributed by atoms with van der Waals surface area (Å²) in [6.07, 6.45) is 3.47. The molecule has 1 aromatic rings. The van der Waals surface area contributed by atoms with Crippen molar-refractivity contribution in [3.05, 3.63) is 18.5 Å². The van der Waals surface area contributed by atoms with Gasteiger partial charge in [-0.25, -0.2) is 0 Å². The van der Waals surface area contributed by atoms with Crippen LogP contribution in [0.4, 0.5) is 11.4 Å². The summed E-state index contributed by atoms with van der Waals surface area (Å²) in [4.78, 5) is 8.59. The maximum Gasteiger partial charge on any atom is 0.0738 e. The molecule has 0 spiro atoms. The fraction of sp³-hybridized carbons (Fsp3) is 0.583. The Kier molecular flexibility index (Phi) is 4.17. The zero-order valence-electron chi connectivity index (χ0n) is 10.3. The Morgan fingerprint density at radius 1 is 1.47 bits per heavy atom. The summed E-state index contributed by atoms with van der Waals surface area (Å²) in [7, 11) is 2.06. The predicted molar refractivity (Wildman–Crippen MR) is 69.2 cm³/mol. The van der Waals surface area contributed by atoms with Crippen molar-refractivity contribution in [2.75, 3.05) is 57.1 Å². The van der Waals surface area contributed by atoms with Crippen LogP contribution < -0.4 is 10.6 Å². The monoisotopic (exact) mass is 236 g/mol. The van der Waals surface area contributed by atoms with Crippen LogP contribution in [0.25, 0.3) is 0 Å². The highest BCUT2D eigenvalue weighted by atomic mass is 16.5. The molecule has 1 saturated heterocycles. The van der Waals surface area contributed by atoms with Crippen molar-refractivity contribution < 1.29 is 4.74 Å². The van der Waals surface area contributed by atoms with Crippen LogP contribution in [0, 0.1) is 0 Å². The smallest absolute Gasteiger partial charge is 0.0738 e. The van der Waals surface area contributed by atoms with Crippen LogP contribution in [-0.4, -0.2) is 56.3 Å².